The van der Waals surface area contributed by atoms with Crippen molar-refractivity contribution in [3.8, 4) is 0 Å². The van der Waals surface area contributed by atoms with Crippen molar-refractivity contribution in [3.63, 3.8) is 0 Å². The molecular weight excluding hydrogens is 218 g/mol. The topological polar surface area (TPSA) is 69.6 Å². The highest BCUT2D eigenvalue weighted by Gasteiger charge is 2.14. The van der Waals surface area contributed by atoms with Gasteiger partial charge in [0.2, 0.25) is 0 Å². The number of carboxylic acids is 1. The first-order valence-electron chi connectivity index (χ1n) is 5.93. The van der Waals surface area contributed by atoms with Crippen molar-refractivity contribution in [1.82, 2.24) is 5.32 Å². The Morgan fingerprint density at radius 2 is 2.00 bits per heavy atom. The van der Waals surface area contributed by atoms with E-state index in [-0.39, 0.29) is 24.3 Å². The number of hydrogen-bond acceptors (Lipinski definition) is 3. The summed E-state index contributed by atoms with van der Waals surface area (Å²) in [6, 6.07) is 0.295. The van der Waals surface area contributed by atoms with Crippen LogP contribution in [-0.2, 0) is 4.79 Å². The highest BCUT2D eigenvalue weighted by molar-refractivity contribution is 5.89. The Bertz CT molecular complexity index is 306. The molecule has 98 valence electrons. The van der Waals surface area contributed by atoms with E-state index in [0.717, 1.165) is 6.42 Å². The summed E-state index contributed by atoms with van der Waals surface area (Å²) in [5.74, 6) is -0.974. The quantitative estimate of drug-likeness (QED) is 0.469. The van der Waals surface area contributed by atoms with Crippen molar-refractivity contribution in [1.29, 1.82) is 0 Å². The first kappa shape index (κ1) is 15.9. The van der Waals surface area contributed by atoms with Crippen LogP contribution in [0, 0.1) is 0 Å². The van der Waals surface area contributed by atoms with Crippen LogP contribution in [0.15, 0.2) is 23.3 Å². The third kappa shape index (κ3) is 5.65. The summed E-state index contributed by atoms with van der Waals surface area (Å²) in [4.78, 5) is 10.9. The lowest BCUT2D eigenvalue weighted by Gasteiger charge is -2.22. The summed E-state index contributed by atoms with van der Waals surface area (Å²) in [6.45, 7) is 7.57. The standard InChI is InChI=1S/C13H23NO3/c1-5-10(13(16)17)7-11(8-15)12(6-2)14-9(3)4/h5,7,9,12,14-15H,6,8H2,1-4H3,(H,16,17)/b10-5+,11-7-. The van der Waals surface area contributed by atoms with Crippen molar-refractivity contribution in [2.24, 2.45) is 0 Å². The van der Waals surface area contributed by atoms with Gasteiger partial charge >= 0.3 is 5.97 Å². The number of aliphatic carboxylic acids is 1. The van der Waals surface area contributed by atoms with E-state index in [1.54, 1.807) is 13.0 Å². The van der Waals surface area contributed by atoms with Crippen molar-refractivity contribution >= 4 is 5.97 Å². The maximum atomic E-state index is 10.9. The summed E-state index contributed by atoms with van der Waals surface area (Å²) in [6.07, 6.45) is 3.88. The number of allylic oxidation sites excluding steroid dienone is 1. The monoisotopic (exact) mass is 241 g/mol. The molecule has 0 heterocycles. The Kier molecular flexibility index (Phi) is 7.50. The summed E-state index contributed by atoms with van der Waals surface area (Å²) in [7, 11) is 0. The minimum absolute atomic E-state index is 0.00861. The Hall–Kier alpha value is -1.13. The van der Waals surface area contributed by atoms with Gasteiger partial charge in [-0.05, 0) is 25.0 Å². The Morgan fingerprint density at radius 3 is 2.29 bits per heavy atom. The molecule has 1 atom stereocenters. The van der Waals surface area contributed by atoms with Crippen LogP contribution in [0.2, 0.25) is 0 Å². The van der Waals surface area contributed by atoms with Crippen LogP contribution >= 0.6 is 0 Å². The number of nitrogens with one attached hydrogen (secondary N) is 1. The molecule has 0 fully saturated rings. The van der Waals surface area contributed by atoms with E-state index in [1.165, 1.54) is 6.08 Å². The van der Waals surface area contributed by atoms with Crippen LogP contribution in [0.1, 0.15) is 34.1 Å². The second-order valence-corrected chi connectivity index (χ2v) is 4.21. The summed E-state index contributed by atoms with van der Waals surface area (Å²) < 4.78 is 0. The van der Waals surface area contributed by atoms with Crippen LogP contribution < -0.4 is 5.32 Å². The zero-order valence-corrected chi connectivity index (χ0v) is 11.0. The molecule has 0 aromatic carbocycles. The van der Waals surface area contributed by atoms with Gasteiger partial charge in [-0.15, -0.1) is 0 Å². The molecule has 0 spiro atoms. The Balaban J connectivity index is 5.01. The maximum absolute atomic E-state index is 10.9. The van der Waals surface area contributed by atoms with Crippen molar-refractivity contribution in [2.75, 3.05) is 6.61 Å². The molecule has 0 aromatic rings. The Labute approximate surface area is 103 Å². The predicted molar refractivity (Wildman–Crippen MR) is 68.9 cm³/mol. The van der Waals surface area contributed by atoms with E-state index in [0.29, 0.717) is 5.57 Å². The van der Waals surface area contributed by atoms with Crippen LogP contribution in [0.4, 0.5) is 0 Å². The molecule has 17 heavy (non-hydrogen) atoms. The fourth-order valence-corrected chi connectivity index (χ4v) is 1.61. The first-order valence-corrected chi connectivity index (χ1v) is 5.93. The van der Waals surface area contributed by atoms with Gasteiger partial charge in [0.15, 0.2) is 0 Å². The van der Waals surface area contributed by atoms with Gasteiger partial charge in [-0.3, -0.25) is 0 Å². The minimum Gasteiger partial charge on any atom is -0.478 e. The van der Waals surface area contributed by atoms with E-state index in [4.69, 9.17) is 5.11 Å². The molecule has 0 aliphatic rings. The molecule has 0 saturated carbocycles. The van der Waals surface area contributed by atoms with Crippen molar-refractivity contribution in [3.05, 3.63) is 23.3 Å². The summed E-state index contributed by atoms with van der Waals surface area (Å²) >= 11 is 0. The number of carbonyl (C=O) groups is 1. The van der Waals surface area contributed by atoms with Gasteiger partial charge in [0.05, 0.1) is 12.2 Å². The maximum Gasteiger partial charge on any atom is 0.335 e. The van der Waals surface area contributed by atoms with E-state index in [1.807, 2.05) is 20.8 Å². The van der Waals surface area contributed by atoms with Gasteiger partial charge in [-0.25, -0.2) is 4.79 Å². The largest absolute Gasteiger partial charge is 0.478 e. The first-order chi connectivity index (χ1) is 7.96. The summed E-state index contributed by atoms with van der Waals surface area (Å²) in [5.41, 5.74) is 0.912. The lowest BCUT2D eigenvalue weighted by atomic mass is 10.0. The molecular formula is C13H23NO3. The third-order valence-corrected chi connectivity index (χ3v) is 2.47. The van der Waals surface area contributed by atoms with E-state index in [9.17, 15) is 9.90 Å². The third-order valence-electron chi connectivity index (χ3n) is 2.47. The highest BCUT2D eigenvalue weighted by atomic mass is 16.4. The average molecular weight is 241 g/mol. The smallest absolute Gasteiger partial charge is 0.335 e. The number of carboxylic acid groups (broad SMARTS) is 1. The average Bonchev–Trinajstić information content (AvgIpc) is 2.27. The number of hydrogen-bond donors (Lipinski definition) is 3. The van der Waals surface area contributed by atoms with E-state index >= 15 is 0 Å². The predicted octanol–water partition coefficient (Wildman–Crippen LogP) is 1.71. The van der Waals surface area contributed by atoms with Crippen LogP contribution in [-0.4, -0.2) is 34.9 Å². The number of aliphatic hydroxyl groups excluding tert-OH is 1. The molecule has 4 heteroatoms. The molecule has 0 amide bonds. The highest BCUT2D eigenvalue weighted by Crippen LogP contribution is 2.11. The fraction of sp³-hybridized carbons (Fsp3) is 0.615. The second-order valence-electron chi connectivity index (χ2n) is 4.21. The summed E-state index contributed by atoms with van der Waals surface area (Å²) in [5, 5.41) is 21.6. The van der Waals surface area contributed by atoms with Gasteiger partial charge in [-0.2, -0.15) is 0 Å². The molecule has 0 aliphatic carbocycles. The molecule has 0 radical (unpaired) electrons. The molecule has 0 aromatic heterocycles. The zero-order chi connectivity index (χ0) is 13.4. The van der Waals surface area contributed by atoms with Gasteiger partial charge in [0.1, 0.15) is 0 Å². The lowest BCUT2D eigenvalue weighted by Crippen LogP contribution is -2.36. The molecule has 0 bridgehead atoms. The van der Waals surface area contributed by atoms with Crippen molar-refractivity contribution < 1.29 is 15.0 Å². The fourth-order valence-electron chi connectivity index (χ4n) is 1.61. The SMILES string of the molecule is C/C=C(\C=C(\CO)C(CC)NC(C)C)C(=O)O. The molecule has 4 nitrogen and oxygen atoms in total. The van der Waals surface area contributed by atoms with E-state index in [2.05, 4.69) is 5.32 Å². The van der Waals surface area contributed by atoms with Crippen LogP contribution in [0.25, 0.3) is 0 Å². The van der Waals surface area contributed by atoms with Gasteiger partial charge in [-0.1, -0.05) is 26.8 Å². The van der Waals surface area contributed by atoms with Gasteiger partial charge in [0.25, 0.3) is 0 Å². The molecule has 0 aliphatic heterocycles. The molecule has 0 saturated heterocycles. The minimum atomic E-state index is -0.974. The number of rotatable bonds is 7. The van der Waals surface area contributed by atoms with Crippen LogP contribution in [0.3, 0.4) is 0 Å². The molecule has 0 rings (SSSR count). The second kappa shape index (κ2) is 8.03. The van der Waals surface area contributed by atoms with Crippen molar-refractivity contribution in [2.45, 2.75) is 46.2 Å². The van der Waals surface area contributed by atoms with E-state index < -0.39 is 5.97 Å². The lowest BCUT2D eigenvalue weighted by molar-refractivity contribution is -0.132. The Morgan fingerprint density at radius 1 is 1.41 bits per heavy atom. The zero-order valence-electron chi connectivity index (χ0n) is 11.0. The van der Waals surface area contributed by atoms with Crippen LogP contribution in [0.5, 0.6) is 0 Å². The molecule has 1 unspecified atom stereocenters. The van der Waals surface area contributed by atoms with Gasteiger partial charge in [0, 0.05) is 12.1 Å². The molecule has 3 N–H and O–H groups in total. The number of aliphatic hydroxyl groups is 1. The normalized spacial score (nSPS) is 15.2. The van der Waals surface area contributed by atoms with Gasteiger partial charge < -0.3 is 15.5 Å².